The molecule has 0 aromatic carbocycles. The van der Waals surface area contributed by atoms with Crippen LogP contribution < -0.4 is 5.32 Å². The third-order valence-corrected chi connectivity index (χ3v) is 3.89. The fourth-order valence-corrected chi connectivity index (χ4v) is 2.19. The summed E-state index contributed by atoms with van der Waals surface area (Å²) in [5.41, 5.74) is 0. The van der Waals surface area contributed by atoms with Gasteiger partial charge in [0.05, 0.1) is 5.75 Å². The lowest BCUT2D eigenvalue weighted by molar-refractivity contribution is 0.255. The van der Waals surface area contributed by atoms with Crippen LogP contribution in [0.4, 0.5) is 0 Å². The van der Waals surface area contributed by atoms with Crippen molar-refractivity contribution in [2.45, 2.75) is 39.2 Å². The lowest BCUT2D eigenvalue weighted by atomic mass is 10.1. The van der Waals surface area contributed by atoms with Crippen molar-refractivity contribution in [2.75, 3.05) is 38.7 Å². The molecule has 5 heteroatoms. The minimum absolute atomic E-state index is 0.252. The molecule has 0 spiro atoms. The smallest absolute Gasteiger partial charge is 0.148 e. The summed E-state index contributed by atoms with van der Waals surface area (Å²) in [5.74, 6) is 0.252. The molecule has 0 radical (unpaired) electrons. The summed E-state index contributed by atoms with van der Waals surface area (Å²) in [4.78, 5) is 2.13. The molecule has 0 rings (SSSR count). The van der Waals surface area contributed by atoms with Gasteiger partial charge < -0.3 is 10.2 Å². The van der Waals surface area contributed by atoms with Crippen molar-refractivity contribution in [2.24, 2.45) is 0 Å². The minimum Gasteiger partial charge on any atom is -0.317 e. The Labute approximate surface area is 107 Å². The summed E-state index contributed by atoms with van der Waals surface area (Å²) < 4.78 is 22.1. The van der Waals surface area contributed by atoms with Gasteiger partial charge in [0.2, 0.25) is 0 Å². The van der Waals surface area contributed by atoms with Crippen LogP contribution in [0.15, 0.2) is 0 Å². The van der Waals surface area contributed by atoms with E-state index < -0.39 is 9.84 Å². The highest BCUT2D eigenvalue weighted by atomic mass is 32.2. The molecule has 17 heavy (non-hydrogen) atoms. The zero-order valence-electron chi connectivity index (χ0n) is 11.7. The van der Waals surface area contributed by atoms with E-state index in [0.29, 0.717) is 12.6 Å². The summed E-state index contributed by atoms with van der Waals surface area (Å²) in [6.07, 6.45) is 4.71. The van der Waals surface area contributed by atoms with Gasteiger partial charge in [-0.1, -0.05) is 6.92 Å². The van der Waals surface area contributed by atoms with E-state index in [9.17, 15) is 8.42 Å². The van der Waals surface area contributed by atoms with Crippen LogP contribution in [-0.2, 0) is 9.84 Å². The first-order valence-corrected chi connectivity index (χ1v) is 8.51. The highest BCUT2D eigenvalue weighted by molar-refractivity contribution is 7.90. The van der Waals surface area contributed by atoms with Crippen molar-refractivity contribution in [1.82, 2.24) is 10.2 Å². The zero-order chi connectivity index (χ0) is 13.3. The maximum absolute atomic E-state index is 11.1. The normalized spacial score (nSPS) is 14.2. The SMILES string of the molecule is CCCNCCCC(C)N(C)CCS(C)(=O)=O. The average Bonchev–Trinajstić information content (AvgIpc) is 2.24. The van der Waals surface area contributed by atoms with E-state index in [2.05, 4.69) is 24.1 Å². The second-order valence-corrected chi connectivity index (χ2v) is 7.11. The number of rotatable bonds is 10. The molecule has 104 valence electrons. The van der Waals surface area contributed by atoms with Crippen molar-refractivity contribution in [3.63, 3.8) is 0 Å². The van der Waals surface area contributed by atoms with Crippen LogP contribution >= 0.6 is 0 Å². The van der Waals surface area contributed by atoms with E-state index in [-0.39, 0.29) is 5.75 Å². The number of nitrogens with one attached hydrogen (secondary N) is 1. The average molecular weight is 264 g/mol. The number of hydrogen-bond acceptors (Lipinski definition) is 4. The van der Waals surface area contributed by atoms with Gasteiger partial charge in [0.25, 0.3) is 0 Å². The van der Waals surface area contributed by atoms with Crippen LogP contribution in [0.25, 0.3) is 0 Å². The molecule has 0 aromatic rings. The predicted molar refractivity (Wildman–Crippen MR) is 74.2 cm³/mol. The van der Waals surface area contributed by atoms with E-state index >= 15 is 0 Å². The van der Waals surface area contributed by atoms with Crippen molar-refractivity contribution in [1.29, 1.82) is 0 Å². The summed E-state index contributed by atoms with van der Waals surface area (Å²) in [5, 5.41) is 3.37. The molecule has 0 amide bonds. The van der Waals surface area contributed by atoms with Gasteiger partial charge in [-0.05, 0) is 46.3 Å². The standard InChI is InChI=1S/C12H28N2O2S/c1-5-8-13-9-6-7-12(2)14(3)10-11-17(4,15)16/h12-13H,5-11H2,1-4H3. The quantitative estimate of drug-likeness (QED) is 0.601. The molecule has 0 aromatic heterocycles. The largest absolute Gasteiger partial charge is 0.317 e. The Kier molecular flexibility index (Phi) is 8.82. The molecular formula is C12H28N2O2S. The van der Waals surface area contributed by atoms with Gasteiger partial charge in [0.15, 0.2) is 0 Å². The Hall–Kier alpha value is -0.130. The van der Waals surface area contributed by atoms with E-state index in [4.69, 9.17) is 0 Å². The van der Waals surface area contributed by atoms with Crippen LogP contribution in [0, 0.1) is 0 Å². The topological polar surface area (TPSA) is 49.4 Å². The van der Waals surface area contributed by atoms with Crippen molar-refractivity contribution >= 4 is 9.84 Å². The molecule has 0 bridgehead atoms. The maximum Gasteiger partial charge on any atom is 0.148 e. The van der Waals surface area contributed by atoms with Gasteiger partial charge in [-0.15, -0.1) is 0 Å². The molecule has 0 aliphatic heterocycles. The molecule has 1 N–H and O–H groups in total. The lowest BCUT2D eigenvalue weighted by Gasteiger charge is -2.24. The second-order valence-electron chi connectivity index (χ2n) is 4.85. The molecule has 1 atom stereocenters. The Morgan fingerprint density at radius 3 is 2.47 bits per heavy atom. The minimum atomic E-state index is -2.84. The van der Waals surface area contributed by atoms with Crippen molar-refractivity contribution in [3.05, 3.63) is 0 Å². The Bertz CT molecular complexity index is 278. The molecule has 0 aliphatic rings. The second kappa shape index (κ2) is 8.89. The van der Waals surface area contributed by atoms with E-state index in [0.717, 1.165) is 25.9 Å². The molecule has 0 heterocycles. The highest BCUT2D eigenvalue weighted by Crippen LogP contribution is 2.04. The first-order chi connectivity index (χ1) is 7.87. The fraction of sp³-hybridized carbons (Fsp3) is 1.00. The van der Waals surface area contributed by atoms with Gasteiger partial charge in [0.1, 0.15) is 9.84 Å². The predicted octanol–water partition coefficient (Wildman–Crippen LogP) is 1.13. The summed E-state index contributed by atoms with van der Waals surface area (Å²) in [6, 6.07) is 0.445. The van der Waals surface area contributed by atoms with E-state index in [1.165, 1.54) is 12.7 Å². The van der Waals surface area contributed by atoms with Gasteiger partial charge in [-0.25, -0.2) is 8.42 Å². The molecular weight excluding hydrogens is 236 g/mol. The van der Waals surface area contributed by atoms with E-state index in [1.54, 1.807) is 0 Å². The summed E-state index contributed by atoms with van der Waals surface area (Å²) in [7, 11) is -0.844. The number of nitrogens with zero attached hydrogens (tertiary/aromatic N) is 1. The first kappa shape index (κ1) is 16.9. The van der Waals surface area contributed by atoms with Crippen LogP contribution in [0.2, 0.25) is 0 Å². The Morgan fingerprint density at radius 1 is 1.29 bits per heavy atom. The van der Waals surface area contributed by atoms with Crippen LogP contribution in [0.1, 0.15) is 33.1 Å². The van der Waals surface area contributed by atoms with E-state index in [1.807, 2.05) is 7.05 Å². The highest BCUT2D eigenvalue weighted by Gasteiger charge is 2.11. The summed E-state index contributed by atoms with van der Waals surface area (Å²) >= 11 is 0. The molecule has 4 nitrogen and oxygen atoms in total. The van der Waals surface area contributed by atoms with Crippen LogP contribution in [-0.4, -0.2) is 58.1 Å². The van der Waals surface area contributed by atoms with Gasteiger partial charge in [-0.3, -0.25) is 0 Å². The zero-order valence-corrected chi connectivity index (χ0v) is 12.5. The number of sulfone groups is 1. The van der Waals surface area contributed by atoms with Crippen molar-refractivity contribution in [3.8, 4) is 0 Å². The van der Waals surface area contributed by atoms with Crippen LogP contribution in [0.5, 0.6) is 0 Å². The molecule has 0 aliphatic carbocycles. The Morgan fingerprint density at radius 2 is 1.94 bits per heavy atom. The van der Waals surface area contributed by atoms with Gasteiger partial charge >= 0.3 is 0 Å². The monoisotopic (exact) mass is 264 g/mol. The fourth-order valence-electron chi connectivity index (χ4n) is 1.57. The van der Waals surface area contributed by atoms with Gasteiger partial charge in [-0.2, -0.15) is 0 Å². The molecule has 0 fully saturated rings. The third-order valence-electron chi connectivity index (χ3n) is 2.97. The maximum atomic E-state index is 11.1. The lowest BCUT2D eigenvalue weighted by Crippen LogP contribution is -2.33. The number of hydrogen-bond donors (Lipinski definition) is 1. The molecule has 1 unspecified atom stereocenters. The third kappa shape index (κ3) is 10.7. The van der Waals surface area contributed by atoms with Crippen molar-refractivity contribution < 1.29 is 8.42 Å². The Balaban J connectivity index is 3.64. The summed E-state index contributed by atoms with van der Waals surface area (Å²) in [6.45, 7) is 7.08. The first-order valence-electron chi connectivity index (χ1n) is 6.45. The molecule has 0 saturated carbocycles. The molecule has 0 saturated heterocycles. The van der Waals surface area contributed by atoms with Gasteiger partial charge in [0, 0.05) is 18.8 Å². The van der Waals surface area contributed by atoms with Crippen LogP contribution in [0.3, 0.4) is 0 Å².